The number of nitrogens with zero attached hydrogens (tertiary/aromatic N) is 1. The Labute approximate surface area is 112 Å². The lowest BCUT2D eigenvalue weighted by atomic mass is 10.1. The number of rotatable bonds is 6. The van der Waals surface area contributed by atoms with Crippen molar-refractivity contribution >= 4 is 11.1 Å². The van der Waals surface area contributed by atoms with E-state index in [0.29, 0.717) is 12.3 Å². The maximum Gasteiger partial charge on any atom is 0.282 e. The van der Waals surface area contributed by atoms with E-state index in [9.17, 15) is 0 Å². The molecule has 0 aliphatic heterocycles. The molecule has 0 saturated carbocycles. The van der Waals surface area contributed by atoms with E-state index < -0.39 is 5.97 Å². The van der Waals surface area contributed by atoms with Gasteiger partial charge in [-0.3, -0.25) is 0 Å². The summed E-state index contributed by atoms with van der Waals surface area (Å²) in [7, 11) is 4.70. The summed E-state index contributed by atoms with van der Waals surface area (Å²) >= 11 is 0. The molecule has 0 N–H and O–H groups in total. The molecule has 0 saturated heterocycles. The molecule has 5 heteroatoms. The van der Waals surface area contributed by atoms with Gasteiger partial charge in [-0.05, 0) is 24.1 Å². The van der Waals surface area contributed by atoms with Crippen molar-refractivity contribution in [3.8, 4) is 0 Å². The second-order valence-electron chi connectivity index (χ2n) is 4.33. The average Bonchev–Trinajstić information content (AvgIpc) is 2.80. The highest BCUT2D eigenvalue weighted by Crippen LogP contribution is 2.22. The third-order valence-electron chi connectivity index (χ3n) is 3.21. The fraction of sp³-hybridized carbons (Fsp3) is 0.500. The van der Waals surface area contributed by atoms with E-state index in [1.165, 1.54) is 0 Å². The molecule has 0 spiro atoms. The Balaban J connectivity index is 2.12. The quantitative estimate of drug-likeness (QED) is 0.751. The standard InChI is InChI=1S/C14H19NO4/c1-10-15-12-9-11(5-6-13(12)19-10)7-8-14(16-2,17-3)18-4/h5-6,9H,7-8H2,1-4H3. The zero-order chi connectivity index (χ0) is 13.9. The van der Waals surface area contributed by atoms with Gasteiger partial charge in [0.15, 0.2) is 11.5 Å². The minimum Gasteiger partial charge on any atom is -0.441 e. The van der Waals surface area contributed by atoms with E-state index in [0.717, 1.165) is 23.1 Å². The molecule has 1 aromatic carbocycles. The predicted octanol–water partition coefficient (Wildman–Crippen LogP) is 2.66. The van der Waals surface area contributed by atoms with Gasteiger partial charge in [0.1, 0.15) is 5.52 Å². The number of oxazole rings is 1. The first-order chi connectivity index (χ1) is 9.12. The Kier molecular flexibility index (Phi) is 4.19. The highest BCUT2D eigenvalue weighted by atomic mass is 16.9. The molecule has 0 unspecified atom stereocenters. The van der Waals surface area contributed by atoms with Crippen LogP contribution >= 0.6 is 0 Å². The summed E-state index contributed by atoms with van der Waals surface area (Å²) in [6.45, 7) is 1.84. The van der Waals surface area contributed by atoms with Crippen molar-refractivity contribution in [3.05, 3.63) is 29.7 Å². The van der Waals surface area contributed by atoms with E-state index >= 15 is 0 Å². The zero-order valence-electron chi connectivity index (χ0n) is 11.7. The first-order valence-corrected chi connectivity index (χ1v) is 6.14. The summed E-state index contributed by atoms with van der Waals surface area (Å²) in [5.41, 5.74) is 2.81. The molecule has 1 heterocycles. The Hall–Kier alpha value is -1.43. The molecule has 0 bridgehead atoms. The van der Waals surface area contributed by atoms with Crippen LogP contribution in [0.4, 0.5) is 0 Å². The summed E-state index contributed by atoms with van der Waals surface area (Å²) < 4.78 is 21.3. The van der Waals surface area contributed by atoms with Crippen LogP contribution in [-0.4, -0.2) is 32.3 Å². The summed E-state index contributed by atoms with van der Waals surface area (Å²) in [6, 6.07) is 5.95. The van der Waals surface area contributed by atoms with Gasteiger partial charge in [0.05, 0.1) is 0 Å². The number of hydrogen-bond donors (Lipinski definition) is 0. The summed E-state index contributed by atoms with van der Waals surface area (Å²) in [6.07, 6.45) is 1.36. The zero-order valence-corrected chi connectivity index (χ0v) is 11.7. The average molecular weight is 265 g/mol. The Morgan fingerprint density at radius 3 is 2.47 bits per heavy atom. The third-order valence-corrected chi connectivity index (χ3v) is 3.21. The van der Waals surface area contributed by atoms with Crippen LogP contribution in [0.15, 0.2) is 22.6 Å². The van der Waals surface area contributed by atoms with Crippen LogP contribution in [0.1, 0.15) is 17.9 Å². The van der Waals surface area contributed by atoms with Gasteiger partial charge in [0.25, 0.3) is 5.97 Å². The minimum absolute atomic E-state index is 0.596. The van der Waals surface area contributed by atoms with Crippen molar-refractivity contribution in [2.75, 3.05) is 21.3 Å². The Morgan fingerprint density at radius 2 is 1.84 bits per heavy atom. The summed E-state index contributed by atoms with van der Waals surface area (Å²) in [5, 5.41) is 0. The largest absolute Gasteiger partial charge is 0.441 e. The number of hydrogen-bond acceptors (Lipinski definition) is 5. The summed E-state index contributed by atoms with van der Waals surface area (Å²) in [4.78, 5) is 4.32. The Bertz CT molecular complexity index is 537. The van der Waals surface area contributed by atoms with Gasteiger partial charge < -0.3 is 18.6 Å². The van der Waals surface area contributed by atoms with Crippen molar-refractivity contribution < 1.29 is 18.6 Å². The topological polar surface area (TPSA) is 53.7 Å². The van der Waals surface area contributed by atoms with Crippen LogP contribution in [0.3, 0.4) is 0 Å². The highest BCUT2D eigenvalue weighted by molar-refractivity contribution is 5.73. The first kappa shape index (κ1) is 14.0. The van der Waals surface area contributed by atoms with Crippen molar-refractivity contribution in [2.24, 2.45) is 0 Å². The number of aromatic nitrogens is 1. The molecule has 5 nitrogen and oxygen atoms in total. The molecule has 1 aromatic heterocycles. The van der Waals surface area contributed by atoms with Crippen LogP contribution in [0.5, 0.6) is 0 Å². The number of methoxy groups -OCH3 is 3. The SMILES string of the molecule is COC(CCc1ccc2oc(C)nc2c1)(OC)OC. The van der Waals surface area contributed by atoms with E-state index in [1.54, 1.807) is 21.3 Å². The van der Waals surface area contributed by atoms with Crippen LogP contribution < -0.4 is 0 Å². The summed E-state index contributed by atoms with van der Waals surface area (Å²) in [5.74, 6) is -0.318. The fourth-order valence-electron chi connectivity index (χ4n) is 2.10. The molecule has 0 aliphatic rings. The third kappa shape index (κ3) is 2.94. The molecule has 2 aromatic rings. The van der Waals surface area contributed by atoms with Crippen LogP contribution in [0, 0.1) is 6.92 Å². The van der Waals surface area contributed by atoms with Crippen LogP contribution in [-0.2, 0) is 20.6 Å². The molecule has 19 heavy (non-hydrogen) atoms. The lowest BCUT2D eigenvalue weighted by molar-refractivity contribution is -0.354. The van der Waals surface area contributed by atoms with Crippen molar-refractivity contribution in [2.45, 2.75) is 25.7 Å². The van der Waals surface area contributed by atoms with Crippen LogP contribution in [0.2, 0.25) is 0 Å². The molecule has 0 amide bonds. The first-order valence-electron chi connectivity index (χ1n) is 6.14. The molecular formula is C14H19NO4. The molecule has 0 fully saturated rings. The Morgan fingerprint density at radius 1 is 1.16 bits per heavy atom. The number of fused-ring (bicyclic) bond motifs is 1. The predicted molar refractivity (Wildman–Crippen MR) is 70.8 cm³/mol. The number of ether oxygens (including phenoxy) is 3. The lowest BCUT2D eigenvalue weighted by Crippen LogP contribution is -2.36. The number of benzene rings is 1. The molecule has 0 aliphatic carbocycles. The second kappa shape index (κ2) is 5.69. The normalized spacial score (nSPS) is 12.2. The van der Waals surface area contributed by atoms with Crippen molar-refractivity contribution in [3.63, 3.8) is 0 Å². The van der Waals surface area contributed by atoms with E-state index in [2.05, 4.69) is 4.98 Å². The van der Waals surface area contributed by atoms with Crippen molar-refractivity contribution in [1.82, 2.24) is 4.98 Å². The van der Waals surface area contributed by atoms with Gasteiger partial charge in [0, 0.05) is 34.7 Å². The molecular weight excluding hydrogens is 246 g/mol. The van der Waals surface area contributed by atoms with Crippen molar-refractivity contribution in [1.29, 1.82) is 0 Å². The van der Waals surface area contributed by atoms with Gasteiger partial charge in [0.2, 0.25) is 0 Å². The molecule has 0 radical (unpaired) electrons. The van der Waals surface area contributed by atoms with E-state index in [-0.39, 0.29) is 0 Å². The lowest BCUT2D eigenvalue weighted by Gasteiger charge is -2.28. The molecule has 0 atom stereocenters. The molecule has 104 valence electrons. The fourth-order valence-corrected chi connectivity index (χ4v) is 2.10. The smallest absolute Gasteiger partial charge is 0.282 e. The monoisotopic (exact) mass is 265 g/mol. The van der Waals surface area contributed by atoms with E-state index in [1.807, 2.05) is 25.1 Å². The van der Waals surface area contributed by atoms with Gasteiger partial charge in [-0.15, -0.1) is 0 Å². The van der Waals surface area contributed by atoms with Gasteiger partial charge >= 0.3 is 0 Å². The van der Waals surface area contributed by atoms with Gasteiger partial charge in [-0.1, -0.05) is 6.07 Å². The van der Waals surface area contributed by atoms with Gasteiger partial charge in [-0.2, -0.15) is 0 Å². The maximum absolute atomic E-state index is 5.45. The van der Waals surface area contributed by atoms with Gasteiger partial charge in [-0.25, -0.2) is 4.98 Å². The maximum atomic E-state index is 5.45. The second-order valence-corrected chi connectivity index (χ2v) is 4.33. The van der Waals surface area contributed by atoms with E-state index in [4.69, 9.17) is 18.6 Å². The number of aryl methyl sites for hydroxylation is 2. The minimum atomic E-state index is -0.991. The highest BCUT2D eigenvalue weighted by Gasteiger charge is 2.28. The van der Waals surface area contributed by atoms with Crippen LogP contribution in [0.25, 0.3) is 11.1 Å². The molecule has 2 rings (SSSR count).